The van der Waals surface area contributed by atoms with Gasteiger partial charge in [-0.25, -0.2) is 4.39 Å². The number of ether oxygens (including phenoxy) is 1. The molecule has 17 heavy (non-hydrogen) atoms. The minimum atomic E-state index is -4.62. The fourth-order valence-corrected chi connectivity index (χ4v) is 2.45. The molecule has 0 bridgehead atoms. The van der Waals surface area contributed by atoms with E-state index in [1.807, 2.05) is 0 Å². The lowest BCUT2D eigenvalue weighted by atomic mass is 9.83. The molecular formula is C12H14F4O. The third kappa shape index (κ3) is 2.19. The first-order valence-corrected chi connectivity index (χ1v) is 5.66. The first kappa shape index (κ1) is 12.5. The maximum atomic E-state index is 13.9. The molecule has 0 saturated heterocycles. The topological polar surface area (TPSA) is 9.23 Å². The third-order valence-electron chi connectivity index (χ3n) is 3.28. The molecule has 2 atom stereocenters. The molecule has 2 unspecified atom stereocenters. The molecule has 1 heterocycles. The van der Waals surface area contributed by atoms with Crippen molar-refractivity contribution in [3.05, 3.63) is 22.7 Å². The highest BCUT2D eigenvalue weighted by Crippen LogP contribution is 2.46. The molecule has 0 radical (unpaired) electrons. The van der Waals surface area contributed by atoms with E-state index < -0.39 is 23.5 Å². The van der Waals surface area contributed by atoms with Gasteiger partial charge in [0, 0.05) is 0 Å². The zero-order valence-electron chi connectivity index (χ0n) is 9.70. The Kier molecular flexibility index (Phi) is 2.96. The Labute approximate surface area is 97.1 Å². The molecule has 1 aliphatic heterocycles. The number of alkyl halides is 3. The SMILES string of the molecule is CC1CCC2=C(O1)C(F)=C(C(F)(F)F)C(C)C2. The highest BCUT2D eigenvalue weighted by atomic mass is 19.4. The number of hydrogen-bond acceptors (Lipinski definition) is 1. The lowest BCUT2D eigenvalue weighted by Crippen LogP contribution is -2.28. The van der Waals surface area contributed by atoms with Gasteiger partial charge in [-0.3, -0.25) is 0 Å². The largest absolute Gasteiger partial charge is 0.488 e. The predicted octanol–water partition coefficient (Wildman–Crippen LogP) is 4.27. The molecule has 0 N–H and O–H groups in total. The molecule has 0 amide bonds. The first-order chi connectivity index (χ1) is 7.80. The summed E-state index contributed by atoms with van der Waals surface area (Å²) in [5, 5.41) is 0. The van der Waals surface area contributed by atoms with Gasteiger partial charge in [0.25, 0.3) is 0 Å². The molecule has 0 saturated carbocycles. The van der Waals surface area contributed by atoms with Crippen molar-refractivity contribution in [3.8, 4) is 0 Å². The van der Waals surface area contributed by atoms with Gasteiger partial charge in [-0.2, -0.15) is 13.2 Å². The Balaban J connectivity index is 2.45. The summed E-state index contributed by atoms with van der Waals surface area (Å²) in [6.07, 6.45) is -3.24. The molecule has 1 nitrogen and oxygen atoms in total. The van der Waals surface area contributed by atoms with Crippen LogP contribution >= 0.6 is 0 Å². The van der Waals surface area contributed by atoms with E-state index in [0.29, 0.717) is 12.0 Å². The smallest absolute Gasteiger partial charge is 0.415 e. The summed E-state index contributed by atoms with van der Waals surface area (Å²) in [7, 11) is 0. The summed E-state index contributed by atoms with van der Waals surface area (Å²) in [5.41, 5.74) is -0.397. The second kappa shape index (κ2) is 4.03. The Hall–Kier alpha value is -1.00. The monoisotopic (exact) mass is 250 g/mol. The predicted molar refractivity (Wildman–Crippen MR) is 54.8 cm³/mol. The molecule has 5 heteroatoms. The molecule has 0 spiro atoms. The van der Waals surface area contributed by atoms with Crippen molar-refractivity contribution < 1.29 is 22.3 Å². The minimum absolute atomic E-state index is 0.158. The van der Waals surface area contributed by atoms with Crippen LogP contribution in [0.3, 0.4) is 0 Å². The Bertz CT molecular complexity index is 392. The van der Waals surface area contributed by atoms with Crippen LogP contribution in [0.1, 0.15) is 33.1 Å². The Morgan fingerprint density at radius 1 is 1.24 bits per heavy atom. The third-order valence-corrected chi connectivity index (χ3v) is 3.28. The van der Waals surface area contributed by atoms with E-state index in [4.69, 9.17) is 4.74 Å². The molecule has 2 aliphatic rings. The van der Waals surface area contributed by atoms with Crippen molar-refractivity contribution in [3.63, 3.8) is 0 Å². The summed E-state index contributed by atoms with van der Waals surface area (Å²) in [4.78, 5) is 0. The van der Waals surface area contributed by atoms with Crippen molar-refractivity contribution in [1.82, 2.24) is 0 Å². The van der Waals surface area contributed by atoms with E-state index >= 15 is 0 Å². The number of rotatable bonds is 0. The maximum absolute atomic E-state index is 13.9. The average molecular weight is 250 g/mol. The second-order valence-corrected chi connectivity index (χ2v) is 4.73. The molecule has 96 valence electrons. The van der Waals surface area contributed by atoms with Crippen LogP contribution in [0, 0.1) is 5.92 Å². The molecule has 0 aromatic heterocycles. The average Bonchev–Trinajstić information content (AvgIpc) is 2.17. The fraction of sp³-hybridized carbons (Fsp3) is 0.667. The summed E-state index contributed by atoms with van der Waals surface area (Å²) < 4.78 is 57.3. The van der Waals surface area contributed by atoms with Gasteiger partial charge in [0.2, 0.25) is 0 Å². The van der Waals surface area contributed by atoms with E-state index in [2.05, 4.69) is 0 Å². The molecule has 0 fully saturated rings. The second-order valence-electron chi connectivity index (χ2n) is 4.73. The standard InChI is InChI=1S/C12H14F4O/c1-6-5-8-4-3-7(2)17-11(8)10(13)9(6)12(14,15)16/h6-7H,3-5H2,1-2H3. The highest BCUT2D eigenvalue weighted by molar-refractivity contribution is 5.39. The summed E-state index contributed by atoms with van der Waals surface area (Å²) in [6, 6.07) is 0. The minimum Gasteiger partial charge on any atom is -0.488 e. The van der Waals surface area contributed by atoms with E-state index in [0.717, 1.165) is 6.42 Å². The van der Waals surface area contributed by atoms with Crippen LogP contribution in [0.15, 0.2) is 22.7 Å². The molecule has 1 aliphatic carbocycles. The van der Waals surface area contributed by atoms with Crippen LogP contribution < -0.4 is 0 Å². The van der Waals surface area contributed by atoms with Gasteiger partial charge in [0.05, 0.1) is 11.7 Å². The van der Waals surface area contributed by atoms with Gasteiger partial charge in [-0.15, -0.1) is 0 Å². The number of halogens is 4. The highest BCUT2D eigenvalue weighted by Gasteiger charge is 2.45. The Morgan fingerprint density at radius 2 is 1.88 bits per heavy atom. The molecule has 2 rings (SSSR count). The van der Waals surface area contributed by atoms with Crippen LogP contribution in [0.5, 0.6) is 0 Å². The Morgan fingerprint density at radius 3 is 2.47 bits per heavy atom. The van der Waals surface area contributed by atoms with Gasteiger partial charge < -0.3 is 4.74 Å². The van der Waals surface area contributed by atoms with Crippen molar-refractivity contribution in [1.29, 1.82) is 0 Å². The van der Waals surface area contributed by atoms with Crippen LogP contribution in [0.4, 0.5) is 17.6 Å². The van der Waals surface area contributed by atoms with Gasteiger partial charge in [-0.05, 0) is 37.7 Å². The number of hydrogen-bond donors (Lipinski definition) is 0. The van der Waals surface area contributed by atoms with Crippen molar-refractivity contribution >= 4 is 0 Å². The lowest BCUT2D eigenvalue weighted by molar-refractivity contribution is -0.102. The van der Waals surface area contributed by atoms with E-state index in [1.165, 1.54) is 6.92 Å². The maximum Gasteiger partial charge on any atom is 0.415 e. The van der Waals surface area contributed by atoms with Crippen LogP contribution in [0.2, 0.25) is 0 Å². The van der Waals surface area contributed by atoms with E-state index in [1.54, 1.807) is 6.92 Å². The van der Waals surface area contributed by atoms with E-state index in [9.17, 15) is 17.6 Å². The van der Waals surface area contributed by atoms with Crippen molar-refractivity contribution in [2.24, 2.45) is 5.92 Å². The number of allylic oxidation sites excluding steroid dienone is 3. The van der Waals surface area contributed by atoms with Crippen LogP contribution in [0.25, 0.3) is 0 Å². The van der Waals surface area contributed by atoms with E-state index in [-0.39, 0.29) is 18.3 Å². The summed E-state index contributed by atoms with van der Waals surface area (Å²) in [5.74, 6) is -2.20. The quantitative estimate of drug-likeness (QED) is 0.583. The molecule has 0 aromatic rings. The molecular weight excluding hydrogens is 236 g/mol. The zero-order valence-corrected chi connectivity index (χ0v) is 9.70. The normalized spacial score (nSPS) is 30.2. The van der Waals surface area contributed by atoms with Crippen molar-refractivity contribution in [2.45, 2.75) is 45.4 Å². The summed E-state index contributed by atoms with van der Waals surface area (Å²) in [6.45, 7) is 3.15. The van der Waals surface area contributed by atoms with Crippen LogP contribution in [-0.4, -0.2) is 12.3 Å². The molecule has 0 aromatic carbocycles. The fourth-order valence-electron chi connectivity index (χ4n) is 2.45. The van der Waals surface area contributed by atoms with Crippen LogP contribution in [-0.2, 0) is 4.74 Å². The van der Waals surface area contributed by atoms with Crippen molar-refractivity contribution in [2.75, 3.05) is 0 Å². The van der Waals surface area contributed by atoms with Gasteiger partial charge in [0.1, 0.15) is 0 Å². The van der Waals surface area contributed by atoms with Gasteiger partial charge >= 0.3 is 6.18 Å². The van der Waals surface area contributed by atoms with Gasteiger partial charge in [0.15, 0.2) is 11.6 Å². The zero-order chi connectivity index (χ0) is 12.8. The summed E-state index contributed by atoms with van der Waals surface area (Å²) >= 11 is 0. The first-order valence-electron chi connectivity index (χ1n) is 5.66. The van der Waals surface area contributed by atoms with Gasteiger partial charge in [-0.1, -0.05) is 6.92 Å². The lowest BCUT2D eigenvalue weighted by Gasteiger charge is -2.33.